The molecule has 0 saturated carbocycles. The second-order valence-corrected chi connectivity index (χ2v) is 5.49. The summed E-state index contributed by atoms with van der Waals surface area (Å²) >= 11 is 0. The number of benzene rings is 2. The molecular formula is C19H14FN3O. The molecule has 0 unspecified atom stereocenters. The Labute approximate surface area is 137 Å². The first-order valence-electron chi connectivity index (χ1n) is 7.57. The summed E-state index contributed by atoms with van der Waals surface area (Å²) in [5.41, 5.74) is 2.80. The van der Waals surface area contributed by atoms with Crippen LogP contribution in [0.2, 0.25) is 0 Å². The molecule has 0 aliphatic rings. The van der Waals surface area contributed by atoms with E-state index in [1.165, 1.54) is 12.1 Å². The van der Waals surface area contributed by atoms with Gasteiger partial charge in [0.2, 0.25) is 0 Å². The summed E-state index contributed by atoms with van der Waals surface area (Å²) in [5.74, 6) is 0.581. The van der Waals surface area contributed by atoms with E-state index in [0.29, 0.717) is 23.6 Å². The molecular weight excluding hydrogens is 305 g/mol. The van der Waals surface area contributed by atoms with Crippen LogP contribution in [0.4, 0.5) is 4.39 Å². The van der Waals surface area contributed by atoms with Crippen molar-refractivity contribution in [3.8, 4) is 11.4 Å². The van der Waals surface area contributed by atoms with Gasteiger partial charge in [0, 0.05) is 18.2 Å². The average molecular weight is 319 g/mol. The predicted octanol–water partition coefficient (Wildman–Crippen LogP) is 3.86. The van der Waals surface area contributed by atoms with Crippen molar-refractivity contribution in [3.63, 3.8) is 0 Å². The lowest BCUT2D eigenvalue weighted by atomic mass is 10.1. The highest BCUT2D eigenvalue weighted by Gasteiger charge is 2.15. The Morgan fingerprint density at radius 1 is 1.00 bits per heavy atom. The van der Waals surface area contributed by atoms with Crippen LogP contribution in [0.3, 0.4) is 0 Å². The van der Waals surface area contributed by atoms with Gasteiger partial charge >= 0.3 is 0 Å². The first kappa shape index (κ1) is 14.4. The van der Waals surface area contributed by atoms with E-state index >= 15 is 0 Å². The summed E-state index contributed by atoms with van der Waals surface area (Å²) in [6, 6.07) is 17.1. The van der Waals surface area contributed by atoms with Gasteiger partial charge in [-0.3, -0.25) is 4.57 Å². The number of phenolic OH excluding ortho intramolecular Hbond substituents is 1. The molecule has 0 aliphatic heterocycles. The third kappa shape index (κ3) is 2.50. The molecule has 5 heteroatoms. The molecule has 24 heavy (non-hydrogen) atoms. The van der Waals surface area contributed by atoms with E-state index in [-0.39, 0.29) is 11.6 Å². The molecule has 4 aromatic rings. The largest absolute Gasteiger partial charge is 0.508 e. The van der Waals surface area contributed by atoms with Gasteiger partial charge in [0.05, 0.1) is 5.69 Å². The number of halogens is 1. The maximum atomic E-state index is 13.7. The second kappa shape index (κ2) is 5.77. The van der Waals surface area contributed by atoms with Gasteiger partial charge in [-0.2, -0.15) is 0 Å². The molecule has 2 aromatic heterocycles. The summed E-state index contributed by atoms with van der Waals surface area (Å²) in [7, 11) is 0. The Hall–Kier alpha value is -3.21. The van der Waals surface area contributed by atoms with E-state index in [2.05, 4.69) is 9.97 Å². The van der Waals surface area contributed by atoms with Crippen LogP contribution in [0.25, 0.3) is 16.9 Å². The number of aromatic hydroxyl groups is 1. The lowest BCUT2D eigenvalue weighted by Crippen LogP contribution is -2.03. The van der Waals surface area contributed by atoms with Crippen molar-refractivity contribution in [2.45, 2.75) is 6.42 Å². The number of rotatable bonds is 3. The van der Waals surface area contributed by atoms with Crippen molar-refractivity contribution in [2.24, 2.45) is 0 Å². The molecule has 0 saturated heterocycles. The zero-order valence-electron chi connectivity index (χ0n) is 12.7. The van der Waals surface area contributed by atoms with E-state index < -0.39 is 0 Å². The zero-order valence-corrected chi connectivity index (χ0v) is 12.7. The van der Waals surface area contributed by atoms with Gasteiger partial charge in [0.15, 0.2) is 5.65 Å². The molecule has 2 aromatic carbocycles. The van der Waals surface area contributed by atoms with Gasteiger partial charge in [-0.1, -0.05) is 24.3 Å². The van der Waals surface area contributed by atoms with Crippen molar-refractivity contribution in [1.29, 1.82) is 0 Å². The fourth-order valence-electron chi connectivity index (χ4n) is 2.80. The molecule has 1 N–H and O–H groups in total. The number of aromatic nitrogens is 3. The Balaban J connectivity index is 1.92. The Morgan fingerprint density at radius 2 is 1.88 bits per heavy atom. The van der Waals surface area contributed by atoms with Crippen LogP contribution in [0.1, 0.15) is 11.4 Å². The van der Waals surface area contributed by atoms with Crippen LogP contribution in [0.5, 0.6) is 5.75 Å². The number of fused-ring (bicyclic) bond motifs is 1. The van der Waals surface area contributed by atoms with Crippen molar-refractivity contribution in [3.05, 3.63) is 84.1 Å². The fraction of sp³-hybridized carbons (Fsp3) is 0.0526. The van der Waals surface area contributed by atoms with Crippen molar-refractivity contribution >= 4 is 11.2 Å². The standard InChI is InChI=1S/C19H14FN3O/c20-14-6-3-7-15(12-14)23-18(11-13-5-1-2-9-17(13)24)22-16-8-4-10-21-19(16)23/h1-10,12,24H,11H2. The average Bonchev–Trinajstić information content (AvgIpc) is 2.95. The molecule has 4 nitrogen and oxygen atoms in total. The Morgan fingerprint density at radius 3 is 2.71 bits per heavy atom. The van der Waals surface area contributed by atoms with Crippen LogP contribution in [-0.2, 0) is 6.42 Å². The van der Waals surface area contributed by atoms with Crippen molar-refractivity contribution in [1.82, 2.24) is 14.5 Å². The van der Waals surface area contributed by atoms with Crippen LogP contribution in [0, 0.1) is 5.82 Å². The number of hydrogen-bond acceptors (Lipinski definition) is 3. The number of pyridine rings is 1. The number of nitrogens with zero attached hydrogens (tertiary/aromatic N) is 3. The molecule has 0 bridgehead atoms. The third-order valence-corrected chi connectivity index (χ3v) is 3.89. The molecule has 0 aliphatic carbocycles. The quantitative estimate of drug-likeness (QED) is 0.624. The first-order valence-corrected chi connectivity index (χ1v) is 7.57. The van der Waals surface area contributed by atoms with Gasteiger partial charge in [0.25, 0.3) is 0 Å². The maximum Gasteiger partial charge on any atom is 0.164 e. The van der Waals surface area contributed by atoms with E-state index in [1.807, 2.05) is 34.9 Å². The topological polar surface area (TPSA) is 50.9 Å². The van der Waals surface area contributed by atoms with E-state index in [0.717, 1.165) is 11.1 Å². The summed E-state index contributed by atoms with van der Waals surface area (Å²) in [6.45, 7) is 0. The summed E-state index contributed by atoms with van der Waals surface area (Å²) in [5, 5.41) is 10.0. The van der Waals surface area contributed by atoms with E-state index in [1.54, 1.807) is 24.4 Å². The fourth-order valence-corrected chi connectivity index (χ4v) is 2.80. The number of para-hydroxylation sites is 1. The van der Waals surface area contributed by atoms with E-state index in [4.69, 9.17) is 0 Å². The van der Waals surface area contributed by atoms with Crippen molar-refractivity contribution in [2.75, 3.05) is 0 Å². The third-order valence-electron chi connectivity index (χ3n) is 3.89. The highest BCUT2D eigenvalue weighted by atomic mass is 19.1. The molecule has 0 fully saturated rings. The second-order valence-electron chi connectivity index (χ2n) is 5.49. The van der Waals surface area contributed by atoms with Crippen LogP contribution >= 0.6 is 0 Å². The van der Waals surface area contributed by atoms with Crippen LogP contribution in [0.15, 0.2) is 66.9 Å². The Bertz CT molecular complexity index is 1030. The van der Waals surface area contributed by atoms with Gasteiger partial charge < -0.3 is 5.11 Å². The summed E-state index contributed by atoms with van der Waals surface area (Å²) in [4.78, 5) is 9.01. The number of imidazole rings is 1. The normalized spacial score (nSPS) is 11.0. The maximum absolute atomic E-state index is 13.7. The van der Waals surface area contributed by atoms with Gasteiger partial charge in [0.1, 0.15) is 22.9 Å². The molecule has 0 spiro atoms. The smallest absolute Gasteiger partial charge is 0.164 e. The molecule has 4 rings (SSSR count). The minimum Gasteiger partial charge on any atom is -0.508 e. The lowest BCUT2D eigenvalue weighted by Gasteiger charge is -2.09. The number of phenols is 1. The first-order chi connectivity index (χ1) is 11.7. The van der Waals surface area contributed by atoms with E-state index in [9.17, 15) is 9.50 Å². The monoisotopic (exact) mass is 319 g/mol. The molecule has 0 radical (unpaired) electrons. The summed E-state index contributed by atoms with van der Waals surface area (Å²) < 4.78 is 15.5. The predicted molar refractivity (Wildman–Crippen MR) is 89.7 cm³/mol. The Kier molecular flexibility index (Phi) is 3.46. The molecule has 2 heterocycles. The van der Waals surface area contributed by atoms with Gasteiger partial charge in [-0.15, -0.1) is 0 Å². The van der Waals surface area contributed by atoms with Crippen LogP contribution < -0.4 is 0 Å². The highest BCUT2D eigenvalue weighted by Crippen LogP contribution is 2.25. The van der Waals surface area contributed by atoms with Gasteiger partial charge in [-0.05, 0) is 36.4 Å². The molecule has 0 amide bonds. The minimum atomic E-state index is -0.321. The lowest BCUT2D eigenvalue weighted by molar-refractivity contribution is 0.469. The molecule has 0 atom stereocenters. The van der Waals surface area contributed by atoms with Gasteiger partial charge in [-0.25, -0.2) is 14.4 Å². The zero-order chi connectivity index (χ0) is 16.5. The number of hydrogen-bond donors (Lipinski definition) is 1. The summed E-state index contributed by atoms with van der Waals surface area (Å²) in [6.07, 6.45) is 2.10. The SMILES string of the molecule is Oc1ccccc1Cc1nc2cccnc2n1-c1cccc(F)c1. The van der Waals surface area contributed by atoms with Crippen molar-refractivity contribution < 1.29 is 9.50 Å². The molecule has 118 valence electrons. The minimum absolute atomic E-state index is 0.211. The highest BCUT2D eigenvalue weighted by molar-refractivity contribution is 5.74. The van der Waals surface area contributed by atoms with Crippen LogP contribution in [-0.4, -0.2) is 19.6 Å².